The first-order valence-electron chi connectivity index (χ1n) is 11.1. The van der Waals surface area contributed by atoms with Crippen LogP contribution in [0.15, 0.2) is 35.3 Å². The normalized spacial score (nSPS) is 12.9. The number of rotatable bonds is 7. The van der Waals surface area contributed by atoms with E-state index < -0.39 is 35.0 Å². The van der Waals surface area contributed by atoms with Crippen molar-refractivity contribution in [2.75, 3.05) is 6.61 Å². The monoisotopic (exact) mass is 526 g/mol. The summed E-state index contributed by atoms with van der Waals surface area (Å²) < 4.78 is 51.9. The molecule has 1 amide bonds. The van der Waals surface area contributed by atoms with Crippen LogP contribution in [0.25, 0.3) is 10.9 Å². The maximum absolute atomic E-state index is 13.7. The Morgan fingerprint density at radius 3 is 2.64 bits per heavy atom. The van der Waals surface area contributed by atoms with Gasteiger partial charge in [-0.25, -0.2) is 14.8 Å². The number of fused-ring (bicyclic) bond motifs is 1. The van der Waals surface area contributed by atoms with Gasteiger partial charge in [0.05, 0.1) is 35.3 Å². The maximum atomic E-state index is 13.7. The van der Waals surface area contributed by atoms with Crippen molar-refractivity contribution >= 4 is 28.6 Å². The largest absolute Gasteiger partial charge is 0.493 e. The molecule has 0 aliphatic carbocycles. The lowest BCUT2D eigenvalue weighted by atomic mass is 10.0. The summed E-state index contributed by atoms with van der Waals surface area (Å²) in [6, 6.07) is 4.20. The molecule has 1 atom stereocenters. The average molecular weight is 527 g/mol. The average Bonchev–Trinajstić information content (AvgIpc) is 2.75. The standard InChI is InChI=1S/C24H26ClF3N4O4/c1-13(30-22(34)36-23(2,3)4)14-7-5-8-16(24(26,27)28)20(14)35-10-6-9-19-31-17-12-29-18(25)11-15(17)21(33)32-19/h5,7-8,11-13H,6,9-10H2,1-4H3,(H,30,34)(H,31,32,33)/t13-/m1/s1. The minimum Gasteiger partial charge on any atom is -0.493 e. The van der Waals surface area contributed by atoms with Crippen molar-refractivity contribution < 1.29 is 27.4 Å². The number of nitrogens with one attached hydrogen (secondary N) is 2. The molecular formula is C24H26ClF3N4O4. The number of carbonyl (C=O) groups excluding carboxylic acids is 1. The fraction of sp³-hybridized carbons (Fsp3) is 0.417. The number of nitrogens with zero attached hydrogens (tertiary/aromatic N) is 2. The van der Waals surface area contributed by atoms with Crippen LogP contribution in [0.4, 0.5) is 18.0 Å². The van der Waals surface area contributed by atoms with E-state index in [4.69, 9.17) is 21.1 Å². The Morgan fingerprint density at radius 1 is 1.25 bits per heavy atom. The Bertz CT molecular complexity index is 1310. The van der Waals surface area contributed by atoms with Crippen LogP contribution >= 0.6 is 11.6 Å². The first-order chi connectivity index (χ1) is 16.7. The Hall–Kier alpha value is -3.34. The predicted octanol–water partition coefficient (Wildman–Crippen LogP) is 5.59. The summed E-state index contributed by atoms with van der Waals surface area (Å²) in [5, 5.41) is 2.98. The molecule has 0 aliphatic heterocycles. The SMILES string of the molecule is C[C@@H](NC(=O)OC(C)(C)C)c1cccc(C(F)(F)F)c1OCCCc1nc2cnc(Cl)cc2c(=O)[nH]1. The number of ether oxygens (including phenoxy) is 2. The summed E-state index contributed by atoms with van der Waals surface area (Å²) >= 11 is 5.81. The lowest BCUT2D eigenvalue weighted by Crippen LogP contribution is -2.34. The van der Waals surface area contributed by atoms with Crippen LogP contribution in [-0.2, 0) is 17.3 Å². The molecule has 0 bridgehead atoms. The van der Waals surface area contributed by atoms with Crippen molar-refractivity contribution in [3.63, 3.8) is 0 Å². The van der Waals surface area contributed by atoms with Crippen LogP contribution in [0, 0.1) is 0 Å². The smallest absolute Gasteiger partial charge is 0.419 e. The molecule has 12 heteroatoms. The number of halogens is 4. The van der Waals surface area contributed by atoms with Crippen LogP contribution in [0.1, 0.15) is 57.1 Å². The first-order valence-corrected chi connectivity index (χ1v) is 11.5. The molecular weight excluding hydrogens is 501 g/mol. The third-order valence-corrected chi connectivity index (χ3v) is 5.17. The lowest BCUT2D eigenvalue weighted by Gasteiger charge is -2.24. The zero-order valence-corrected chi connectivity index (χ0v) is 20.9. The Morgan fingerprint density at radius 2 is 1.97 bits per heavy atom. The molecule has 194 valence electrons. The van der Waals surface area contributed by atoms with Gasteiger partial charge in [-0.1, -0.05) is 23.7 Å². The number of H-pyrrole nitrogens is 1. The van der Waals surface area contributed by atoms with Crippen LogP contribution in [0.3, 0.4) is 0 Å². The number of alkyl carbamates (subject to hydrolysis) is 1. The quantitative estimate of drug-likeness (QED) is 0.307. The van der Waals surface area contributed by atoms with Gasteiger partial charge in [-0.2, -0.15) is 13.2 Å². The van der Waals surface area contributed by atoms with Gasteiger partial charge in [0.25, 0.3) is 5.56 Å². The van der Waals surface area contributed by atoms with Gasteiger partial charge in [0.15, 0.2) is 0 Å². The zero-order chi connectivity index (χ0) is 26.7. The molecule has 0 saturated carbocycles. The minimum atomic E-state index is -4.67. The highest BCUT2D eigenvalue weighted by Gasteiger charge is 2.36. The third kappa shape index (κ3) is 7.09. The first kappa shape index (κ1) is 27.3. The highest BCUT2D eigenvalue weighted by molar-refractivity contribution is 6.30. The van der Waals surface area contributed by atoms with Gasteiger partial charge in [0, 0.05) is 12.0 Å². The molecule has 0 unspecified atom stereocenters. The summed E-state index contributed by atoms with van der Waals surface area (Å²) in [4.78, 5) is 35.3. The molecule has 3 rings (SSSR count). The number of aromatic nitrogens is 3. The summed E-state index contributed by atoms with van der Waals surface area (Å²) in [7, 11) is 0. The van der Waals surface area contributed by atoms with Crippen molar-refractivity contribution in [1.29, 1.82) is 0 Å². The third-order valence-electron chi connectivity index (χ3n) is 4.96. The van der Waals surface area contributed by atoms with Gasteiger partial charge in [-0.05, 0) is 46.2 Å². The fourth-order valence-corrected chi connectivity index (χ4v) is 3.60. The molecule has 8 nitrogen and oxygen atoms in total. The van der Waals surface area contributed by atoms with Crippen LogP contribution in [0.5, 0.6) is 5.75 Å². The van der Waals surface area contributed by atoms with Gasteiger partial charge in [-0.15, -0.1) is 0 Å². The molecule has 0 fully saturated rings. The second-order valence-electron chi connectivity index (χ2n) is 9.08. The van der Waals surface area contributed by atoms with E-state index in [1.807, 2.05) is 0 Å². The summed E-state index contributed by atoms with van der Waals surface area (Å²) in [5.41, 5.74) is -1.62. The predicted molar refractivity (Wildman–Crippen MR) is 128 cm³/mol. The van der Waals surface area contributed by atoms with Gasteiger partial charge >= 0.3 is 12.3 Å². The van der Waals surface area contributed by atoms with Crippen LogP contribution in [-0.4, -0.2) is 33.3 Å². The van der Waals surface area contributed by atoms with E-state index in [-0.39, 0.29) is 41.3 Å². The van der Waals surface area contributed by atoms with Crippen molar-refractivity contribution in [2.24, 2.45) is 0 Å². The van der Waals surface area contributed by atoms with Gasteiger partial charge in [0.2, 0.25) is 0 Å². The number of aryl methyl sites for hydroxylation is 1. The van der Waals surface area contributed by atoms with Gasteiger partial charge in [0.1, 0.15) is 22.3 Å². The number of carbonyl (C=O) groups is 1. The minimum absolute atomic E-state index is 0.0974. The molecule has 0 aliphatic rings. The fourth-order valence-electron chi connectivity index (χ4n) is 3.44. The topological polar surface area (TPSA) is 106 Å². The highest BCUT2D eigenvalue weighted by atomic mass is 35.5. The molecule has 36 heavy (non-hydrogen) atoms. The molecule has 2 N–H and O–H groups in total. The number of pyridine rings is 1. The number of aromatic amines is 1. The van der Waals surface area contributed by atoms with Crippen molar-refractivity contribution in [2.45, 2.75) is 58.4 Å². The number of hydrogen-bond donors (Lipinski definition) is 2. The Kier molecular flexibility index (Phi) is 8.12. The molecule has 0 radical (unpaired) electrons. The second kappa shape index (κ2) is 10.7. The zero-order valence-electron chi connectivity index (χ0n) is 20.1. The van der Waals surface area contributed by atoms with E-state index in [0.29, 0.717) is 11.3 Å². The highest BCUT2D eigenvalue weighted by Crippen LogP contribution is 2.40. The number of hydrogen-bond acceptors (Lipinski definition) is 6. The molecule has 0 spiro atoms. The van der Waals surface area contributed by atoms with Crippen LogP contribution in [0.2, 0.25) is 5.15 Å². The Balaban J connectivity index is 1.75. The van der Waals surface area contributed by atoms with E-state index in [0.717, 1.165) is 6.07 Å². The molecule has 2 heterocycles. The Labute approximate surface area is 210 Å². The van der Waals surface area contributed by atoms with E-state index in [1.54, 1.807) is 20.8 Å². The summed E-state index contributed by atoms with van der Waals surface area (Å²) in [6.07, 6.45) is -3.56. The second-order valence-corrected chi connectivity index (χ2v) is 9.47. The van der Waals surface area contributed by atoms with Crippen LogP contribution < -0.4 is 15.6 Å². The van der Waals surface area contributed by atoms with Gasteiger partial charge in [-0.3, -0.25) is 4.79 Å². The molecule has 2 aromatic heterocycles. The molecule has 3 aromatic rings. The number of alkyl halides is 3. The number of benzene rings is 1. The van der Waals surface area contributed by atoms with Crippen molar-refractivity contribution in [3.8, 4) is 5.75 Å². The van der Waals surface area contributed by atoms with E-state index in [2.05, 4.69) is 20.3 Å². The summed E-state index contributed by atoms with van der Waals surface area (Å²) in [5.74, 6) is -0.0446. The van der Waals surface area contributed by atoms with Crippen molar-refractivity contribution in [1.82, 2.24) is 20.3 Å². The van der Waals surface area contributed by atoms with E-state index in [1.165, 1.54) is 31.3 Å². The lowest BCUT2D eigenvalue weighted by molar-refractivity contribution is -0.139. The number of amides is 1. The molecule has 0 saturated heterocycles. The van der Waals surface area contributed by atoms with Crippen molar-refractivity contribution in [3.05, 3.63) is 62.9 Å². The molecule has 1 aromatic carbocycles. The maximum Gasteiger partial charge on any atom is 0.419 e. The summed E-state index contributed by atoms with van der Waals surface area (Å²) in [6.45, 7) is 6.48. The number of para-hydroxylation sites is 1. The van der Waals surface area contributed by atoms with Gasteiger partial charge < -0.3 is 19.8 Å². The van der Waals surface area contributed by atoms with E-state index >= 15 is 0 Å². The van der Waals surface area contributed by atoms with E-state index in [9.17, 15) is 22.8 Å².